The minimum Gasteiger partial charge on any atom is -0.468 e. The van der Waals surface area contributed by atoms with Crippen LogP contribution in [0.1, 0.15) is 21.7 Å². The molecule has 0 saturated carbocycles. The lowest BCUT2D eigenvalue weighted by Crippen LogP contribution is -2.45. The smallest absolute Gasteiger partial charge is 0.327 e. The van der Waals surface area contributed by atoms with Crippen LogP contribution in [0.2, 0.25) is 0 Å². The topological polar surface area (TPSA) is 64.4 Å². The number of nitrogens with zero attached hydrogens (tertiary/aromatic N) is 3. The van der Waals surface area contributed by atoms with Crippen molar-refractivity contribution in [2.24, 2.45) is 0 Å². The second-order valence-corrected chi connectivity index (χ2v) is 4.61. The summed E-state index contributed by atoms with van der Waals surface area (Å²) in [5.74, 6) is -0.796. The molecular formula is C15H17N3O3. The lowest BCUT2D eigenvalue weighted by molar-refractivity contribution is -0.139. The summed E-state index contributed by atoms with van der Waals surface area (Å²) in [7, 11) is 1.30. The largest absolute Gasteiger partial charge is 0.468 e. The van der Waals surface area contributed by atoms with Crippen LogP contribution in [-0.4, -0.2) is 35.2 Å². The number of pyridine rings is 1. The van der Waals surface area contributed by atoms with Gasteiger partial charge in [0.25, 0.3) is 5.91 Å². The van der Waals surface area contributed by atoms with E-state index in [9.17, 15) is 9.59 Å². The molecule has 0 radical (unpaired) electrons. The van der Waals surface area contributed by atoms with E-state index in [2.05, 4.69) is 9.72 Å². The molecule has 1 amide bonds. The summed E-state index contributed by atoms with van der Waals surface area (Å²) in [6, 6.07) is 7.11. The molecule has 2 heterocycles. The summed E-state index contributed by atoms with van der Waals surface area (Å²) in [6.07, 6.45) is 3.06. The number of hydrogen-bond acceptors (Lipinski definition) is 4. The van der Waals surface area contributed by atoms with E-state index in [-0.39, 0.29) is 12.5 Å². The Hall–Kier alpha value is -2.63. The number of carbonyl (C=O) groups is 2. The summed E-state index contributed by atoms with van der Waals surface area (Å²) in [4.78, 5) is 28.2. The van der Waals surface area contributed by atoms with Crippen molar-refractivity contribution in [1.82, 2.24) is 9.66 Å². The molecule has 2 aromatic heterocycles. The minimum absolute atomic E-state index is 0.166. The first-order valence-electron chi connectivity index (χ1n) is 6.48. The van der Waals surface area contributed by atoms with Crippen molar-refractivity contribution in [2.45, 2.75) is 13.8 Å². The van der Waals surface area contributed by atoms with Gasteiger partial charge in [0.1, 0.15) is 6.54 Å². The van der Waals surface area contributed by atoms with Crippen LogP contribution in [0.25, 0.3) is 0 Å². The van der Waals surface area contributed by atoms with Crippen molar-refractivity contribution in [2.75, 3.05) is 18.7 Å². The lowest BCUT2D eigenvalue weighted by atomic mass is 10.2. The maximum absolute atomic E-state index is 12.7. The zero-order valence-electron chi connectivity index (χ0n) is 12.2. The highest BCUT2D eigenvalue weighted by Gasteiger charge is 2.23. The van der Waals surface area contributed by atoms with Crippen molar-refractivity contribution in [3.63, 3.8) is 0 Å². The highest BCUT2D eigenvalue weighted by Crippen LogP contribution is 2.11. The molecule has 0 N–H and O–H groups in total. The number of amides is 1. The van der Waals surface area contributed by atoms with Gasteiger partial charge in [-0.05, 0) is 38.1 Å². The molecule has 0 aliphatic heterocycles. The summed E-state index contributed by atoms with van der Waals surface area (Å²) in [5, 5.41) is 1.35. The Morgan fingerprint density at radius 1 is 1.24 bits per heavy atom. The molecule has 0 aromatic carbocycles. The third-order valence-corrected chi connectivity index (χ3v) is 3.12. The van der Waals surface area contributed by atoms with E-state index in [1.165, 1.54) is 18.3 Å². The number of ether oxygens (including phenoxy) is 1. The SMILES string of the molecule is COC(=O)CN(C(=O)c1cccnc1)n1c(C)ccc1C. The predicted octanol–water partition coefficient (Wildman–Crippen LogP) is 1.45. The van der Waals surface area contributed by atoms with E-state index in [1.54, 1.807) is 23.0 Å². The molecular weight excluding hydrogens is 270 g/mol. The van der Waals surface area contributed by atoms with Crippen molar-refractivity contribution in [3.8, 4) is 0 Å². The van der Waals surface area contributed by atoms with Gasteiger partial charge in [-0.3, -0.25) is 19.2 Å². The van der Waals surface area contributed by atoms with Crippen LogP contribution < -0.4 is 5.01 Å². The highest BCUT2D eigenvalue weighted by atomic mass is 16.5. The fourth-order valence-corrected chi connectivity index (χ4v) is 2.10. The Bertz CT molecular complexity index is 630. The first kappa shape index (κ1) is 14.8. The standard InChI is InChI=1S/C15H17N3O3/c1-11-6-7-12(2)18(11)17(10-14(19)21-3)15(20)13-5-4-8-16-9-13/h4-9H,10H2,1-3H3. The van der Waals surface area contributed by atoms with E-state index in [1.807, 2.05) is 26.0 Å². The number of carbonyl (C=O) groups excluding carboxylic acids is 2. The molecule has 0 saturated heterocycles. The van der Waals surface area contributed by atoms with Crippen LogP contribution in [0, 0.1) is 13.8 Å². The molecule has 0 unspecified atom stereocenters. The van der Waals surface area contributed by atoms with Crippen molar-refractivity contribution < 1.29 is 14.3 Å². The van der Waals surface area contributed by atoms with Gasteiger partial charge in [0.2, 0.25) is 0 Å². The quantitative estimate of drug-likeness (QED) is 0.798. The fraction of sp³-hybridized carbons (Fsp3) is 0.267. The third-order valence-electron chi connectivity index (χ3n) is 3.12. The second-order valence-electron chi connectivity index (χ2n) is 4.61. The van der Waals surface area contributed by atoms with E-state index in [0.717, 1.165) is 11.4 Å². The molecule has 0 spiro atoms. The number of rotatable bonds is 4. The molecule has 0 bridgehead atoms. The number of hydrogen-bond donors (Lipinski definition) is 0. The van der Waals surface area contributed by atoms with E-state index in [4.69, 9.17) is 0 Å². The number of esters is 1. The maximum Gasteiger partial charge on any atom is 0.327 e. The summed E-state index contributed by atoms with van der Waals surface area (Å²) >= 11 is 0. The lowest BCUT2D eigenvalue weighted by Gasteiger charge is -2.25. The zero-order chi connectivity index (χ0) is 15.4. The molecule has 2 aromatic rings. The summed E-state index contributed by atoms with van der Waals surface area (Å²) < 4.78 is 6.38. The first-order valence-corrected chi connectivity index (χ1v) is 6.48. The molecule has 2 rings (SSSR count). The number of methoxy groups -OCH3 is 1. The molecule has 0 aliphatic rings. The van der Waals surface area contributed by atoms with E-state index >= 15 is 0 Å². The van der Waals surface area contributed by atoms with Gasteiger partial charge in [-0.25, -0.2) is 5.01 Å². The van der Waals surface area contributed by atoms with E-state index in [0.29, 0.717) is 5.56 Å². The molecule has 21 heavy (non-hydrogen) atoms. The van der Waals surface area contributed by atoms with Crippen LogP contribution in [0.5, 0.6) is 0 Å². The molecule has 0 fully saturated rings. The van der Waals surface area contributed by atoms with Crippen LogP contribution in [0.3, 0.4) is 0 Å². The van der Waals surface area contributed by atoms with Gasteiger partial charge in [0, 0.05) is 23.8 Å². The average molecular weight is 287 g/mol. The summed E-state index contributed by atoms with van der Waals surface area (Å²) in [6.45, 7) is 3.57. The predicted molar refractivity (Wildman–Crippen MR) is 77.6 cm³/mol. The molecule has 6 heteroatoms. The van der Waals surface area contributed by atoms with Gasteiger partial charge in [-0.15, -0.1) is 0 Å². The van der Waals surface area contributed by atoms with Crippen molar-refractivity contribution in [1.29, 1.82) is 0 Å². The van der Waals surface area contributed by atoms with Crippen molar-refractivity contribution in [3.05, 3.63) is 53.6 Å². The number of aryl methyl sites for hydroxylation is 2. The van der Waals surface area contributed by atoms with Gasteiger partial charge in [-0.2, -0.15) is 0 Å². The molecule has 0 aliphatic carbocycles. The van der Waals surface area contributed by atoms with Gasteiger partial charge >= 0.3 is 5.97 Å². The third kappa shape index (κ3) is 3.10. The Balaban J connectivity index is 2.42. The highest BCUT2D eigenvalue weighted by molar-refractivity contribution is 6.03. The van der Waals surface area contributed by atoms with E-state index < -0.39 is 5.97 Å². The molecule has 0 atom stereocenters. The number of aromatic nitrogens is 2. The average Bonchev–Trinajstić information content (AvgIpc) is 2.84. The second kappa shape index (κ2) is 6.21. The van der Waals surface area contributed by atoms with Crippen LogP contribution >= 0.6 is 0 Å². The monoisotopic (exact) mass is 287 g/mol. The fourth-order valence-electron chi connectivity index (χ4n) is 2.10. The van der Waals surface area contributed by atoms with Crippen LogP contribution in [0.15, 0.2) is 36.7 Å². The Labute approximate surface area is 122 Å². The normalized spacial score (nSPS) is 10.2. The van der Waals surface area contributed by atoms with Gasteiger partial charge in [-0.1, -0.05) is 0 Å². The zero-order valence-corrected chi connectivity index (χ0v) is 12.2. The Kier molecular flexibility index (Phi) is 4.37. The minimum atomic E-state index is -0.486. The van der Waals surface area contributed by atoms with Gasteiger partial charge < -0.3 is 4.74 Å². The van der Waals surface area contributed by atoms with Crippen LogP contribution in [0.4, 0.5) is 0 Å². The van der Waals surface area contributed by atoms with Crippen molar-refractivity contribution >= 4 is 11.9 Å². The van der Waals surface area contributed by atoms with Crippen LogP contribution in [-0.2, 0) is 9.53 Å². The molecule has 110 valence electrons. The molecule has 6 nitrogen and oxygen atoms in total. The van der Waals surface area contributed by atoms with Gasteiger partial charge in [0.05, 0.1) is 12.7 Å². The summed E-state index contributed by atoms with van der Waals surface area (Å²) in [5.41, 5.74) is 2.12. The maximum atomic E-state index is 12.7. The van der Waals surface area contributed by atoms with Gasteiger partial charge in [0.15, 0.2) is 0 Å². The Morgan fingerprint density at radius 2 is 1.90 bits per heavy atom. The first-order chi connectivity index (χ1) is 10.0. The Morgan fingerprint density at radius 3 is 2.43 bits per heavy atom.